The normalized spacial score (nSPS) is 12.4. The number of benzene rings is 1. The maximum atomic E-state index is 5.26. The van der Waals surface area contributed by atoms with Crippen LogP contribution in [-0.2, 0) is 6.54 Å². The van der Waals surface area contributed by atoms with Gasteiger partial charge in [0.05, 0.1) is 12.2 Å². The summed E-state index contributed by atoms with van der Waals surface area (Å²) in [6.45, 7) is 12.6. The average Bonchev–Trinajstić information content (AvgIpc) is 2.90. The molecule has 6 heteroatoms. The molecule has 138 valence electrons. The van der Waals surface area contributed by atoms with Gasteiger partial charge >= 0.3 is 0 Å². The molecule has 25 heavy (non-hydrogen) atoms. The molecule has 0 spiro atoms. The quantitative estimate of drug-likeness (QED) is 0.391. The summed E-state index contributed by atoms with van der Waals surface area (Å²) in [4.78, 5) is 4.67. The molecule has 5 nitrogen and oxygen atoms in total. The molecule has 2 aromatic rings. The van der Waals surface area contributed by atoms with E-state index in [-0.39, 0.29) is 24.0 Å². The van der Waals surface area contributed by atoms with Crippen molar-refractivity contribution in [2.24, 2.45) is 4.99 Å². The first-order valence-electron chi connectivity index (χ1n) is 8.51. The van der Waals surface area contributed by atoms with Crippen molar-refractivity contribution in [1.82, 2.24) is 15.8 Å². The highest BCUT2D eigenvalue weighted by atomic mass is 127. The molecule has 0 amide bonds. The number of aromatic nitrogens is 1. The fourth-order valence-electron chi connectivity index (χ4n) is 2.75. The third-order valence-corrected chi connectivity index (χ3v) is 4.04. The van der Waals surface area contributed by atoms with Crippen molar-refractivity contribution >= 4 is 29.9 Å². The Labute approximate surface area is 167 Å². The van der Waals surface area contributed by atoms with Gasteiger partial charge < -0.3 is 15.2 Å². The van der Waals surface area contributed by atoms with Crippen molar-refractivity contribution in [3.63, 3.8) is 0 Å². The fraction of sp³-hybridized carbons (Fsp3) is 0.474. The third kappa shape index (κ3) is 6.34. The third-order valence-electron chi connectivity index (χ3n) is 4.04. The van der Waals surface area contributed by atoms with Crippen LogP contribution in [0.3, 0.4) is 0 Å². The molecule has 0 bridgehead atoms. The maximum absolute atomic E-state index is 5.26. The highest BCUT2D eigenvalue weighted by molar-refractivity contribution is 14.0. The predicted molar refractivity (Wildman–Crippen MR) is 114 cm³/mol. The maximum Gasteiger partial charge on any atom is 0.191 e. The first-order valence-corrected chi connectivity index (χ1v) is 8.51. The highest BCUT2D eigenvalue weighted by Crippen LogP contribution is 2.22. The first kappa shape index (κ1) is 21.5. The Kier molecular flexibility index (Phi) is 8.96. The minimum atomic E-state index is 0. The van der Waals surface area contributed by atoms with E-state index in [1.807, 2.05) is 13.8 Å². The largest absolute Gasteiger partial charge is 0.361 e. The van der Waals surface area contributed by atoms with E-state index in [0.29, 0.717) is 12.5 Å². The SMILES string of the molecule is CCNC(=NCc1ccc(C)cc1)NCC(C)c1c(C)noc1C.I. The monoisotopic (exact) mass is 456 g/mol. The number of halogens is 1. The van der Waals surface area contributed by atoms with Crippen LogP contribution in [0.2, 0.25) is 0 Å². The molecule has 0 aliphatic rings. The Morgan fingerprint density at radius 2 is 1.84 bits per heavy atom. The zero-order valence-corrected chi connectivity index (χ0v) is 18.0. The van der Waals surface area contributed by atoms with E-state index < -0.39 is 0 Å². The molecule has 2 rings (SSSR count). The van der Waals surface area contributed by atoms with Crippen molar-refractivity contribution in [2.45, 2.75) is 47.1 Å². The van der Waals surface area contributed by atoms with E-state index in [1.54, 1.807) is 0 Å². The van der Waals surface area contributed by atoms with E-state index in [0.717, 1.165) is 30.5 Å². The molecule has 1 unspecified atom stereocenters. The van der Waals surface area contributed by atoms with Crippen LogP contribution in [-0.4, -0.2) is 24.2 Å². The average molecular weight is 456 g/mol. The Hall–Kier alpha value is -1.57. The highest BCUT2D eigenvalue weighted by Gasteiger charge is 2.16. The summed E-state index contributed by atoms with van der Waals surface area (Å²) >= 11 is 0. The Bertz CT molecular complexity index is 660. The van der Waals surface area contributed by atoms with E-state index in [9.17, 15) is 0 Å². The lowest BCUT2D eigenvalue weighted by Crippen LogP contribution is -2.39. The van der Waals surface area contributed by atoms with Crippen molar-refractivity contribution in [3.8, 4) is 0 Å². The number of guanidine groups is 1. The summed E-state index contributed by atoms with van der Waals surface area (Å²) in [5.74, 6) is 2.03. The van der Waals surface area contributed by atoms with Crippen LogP contribution < -0.4 is 10.6 Å². The van der Waals surface area contributed by atoms with Crippen molar-refractivity contribution in [1.29, 1.82) is 0 Å². The van der Waals surface area contributed by atoms with Crippen molar-refractivity contribution in [2.75, 3.05) is 13.1 Å². The molecule has 0 saturated carbocycles. The van der Waals surface area contributed by atoms with Gasteiger partial charge in [-0.05, 0) is 33.3 Å². The van der Waals surface area contributed by atoms with Gasteiger partial charge in [0, 0.05) is 24.6 Å². The molecular weight excluding hydrogens is 427 g/mol. The number of aryl methyl sites for hydroxylation is 3. The lowest BCUT2D eigenvalue weighted by molar-refractivity contribution is 0.391. The van der Waals surface area contributed by atoms with Gasteiger partial charge in [-0.3, -0.25) is 0 Å². The molecule has 1 aromatic heterocycles. The first-order chi connectivity index (χ1) is 11.5. The van der Waals surface area contributed by atoms with E-state index in [2.05, 4.69) is 65.8 Å². The Balaban J connectivity index is 0.00000312. The molecule has 2 N–H and O–H groups in total. The summed E-state index contributed by atoms with van der Waals surface area (Å²) in [5.41, 5.74) is 4.61. The van der Waals surface area contributed by atoms with Crippen LogP contribution in [0.15, 0.2) is 33.8 Å². The van der Waals surface area contributed by atoms with Crippen LogP contribution in [0.25, 0.3) is 0 Å². The molecule has 0 saturated heterocycles. The van der Waals surface area contributed by atoms with Crippen LogP contribution in [0.4, 0.5) is 0 Å². The fourth-order valence-corrected chi connectivity index (χ4v) is 2.75. The summed E-state index contributed by atoms with van der Waals surface area (Å²) in [6, 6.07) is 8.47. The van der Waals surface area contributed by atoms with Crippen molar-refractivity contribution < 1.29 is 4.52 Å². The van der Waals surface area contributed by atoms with Gasteiger partial charge in [-0.25, -0.2) is 4.99 Å². The molecule has 0 radical (unpaired) electrons. The van der Waals surface area contributed by atoms with E-state index in [1.165, 1.54) is 16.7 Å². The van der Waals surface area contributed by atoms with Gasteiger partial charge in [0.2, 0.25) is 0 Å². The molecular formula is C19H29IN4O. The standard InChI is InChI=1S/C19H28N4O.HI/c1-6-20-19(22-12-17-9-7-13(2)8-10-17)21-11-14(3)18-15(4)23-24-16(18)5;/h7-10,14H,6,11-12H2,1-5H3,(H2,20,21,22);1H. The summed E-state index contributed by atoms with van der Waals surface area (Å²) in [5, 5.41) is 10.7. The molecule has 0 aliphatic heterocycles. The smallest absolute Gasteiger partial charge is 0.191 e. The second-order valence-electron chi connectivity index (χ2n) is 6.20. The predicted octanol–water partition coefficient (Wildman–Crippen LogP) is 4.08. The van der Waals surface area contributed by atoms with Crippen molar-refractivity contribution in [3.05, 3.63) is 52.4 Å². The van der Waals surface area contributed by atoms with Gasteiger partial charge in [-0.2, -0.15) is 0 Å². The lowest BCUT2D eigenvalue weighted by Gasteiger charge is -2.16. The van der Waals surface area contributed by atoms with Gasteiger partial charge in [-0.1, -0.05) is 41.9 Å². The molecule has 1 atom stereocenters. The Morgan fingerprint density at radius 1 is 1.16 bits per heavy atom. The lowest BCUT2D eigenvalue weighted by atomic mass is 10.00. The second kappa shape index (κ2) is 10.4. The number of hydrogen-bond donors (Lipinski definition) is 2. The zero-order chi connectivity index (χ0) is 17.5. The summed E-state index contributed by atoms with van der Waals surface area (Å²) < 4.78 is 5.26. The van der Waals surface area contributed by atoms with Crippen LogP contribution in [0, 0.1) is 20.8 Å². The van der Waals surface area contributed by atoms with Crippen LogP contribution in [0.5, 0.6) is 0 Å². The molecule has 0 fully saturated rings. The number of nitrogens with one attached hydrogen (secondary N) is 2. The summed E-state index contributed by atoms with van der Waals surface area (Å²) in [7, 11) is 0. The number of aliphatic imine (C=N–C) groups is 1. The minimum Gasteiger partial charge on any atom is -0.361 e. The van der Waals surface area contributed by atoms with E-state index in [4.69, 9.17) is 4.52 Å². The molecule has 0 aliphatic carbocycles. The molecule has 1 heterocycles. The number of nitrogens with zero attached hydrogens (tertiary/aromatic N) is 2. The second-order valence-corrected chi connectivity index (χ2v) is 6.20. The zero-order valence-electron chi connectivity index (χ0n) is 15.7. The van der Waals surface area contributed by atoms with Gasteiger partial charge in [0.25, 0.3) is 0 Å². The topological polar surface area (TPSA) is 62.5 Å². The van der Waals surface area contributed by atoms with E-state index >= 15 is 0 Å². The van der Waals surface area contributed by atoms with Gasteiger partial charge in [0.15, 0.2) is 5.96 Å². The van der Waals surface area contributed by atoms with Gasteiger partial charge in [0.1, 0.15) is 5.76 Å². The summed E-state index contributed by atoms with van der Waals surface area (Å²) in [6.07, 6.45) is 0. The minimum absolute atomic E-state index is 0. The number of hydrogen-bond acceptors (Lipinski definition) is 3. The van der Waals surface area contributed by atoms with Crippen LogP contribution >= 0.6 is 24.0 Å². The van der Waals surface area contributed by atoms with Crippen LogP contribution in [0.1, 0.15) is 47.9 Å². The number of rotatable bonds is 6. The molecule has 1 aromatic carbocycles. The Morgan fingerprint density at radius 3 is 2.40 bits per heavy atom. The van der Waals surface area contributed by atoms with Gasteiger partial charge in [-0.15, -0.1) is 24.0 Å².